The Kier molecular flexibility index (Phi) is 4.09. The van der Waals surface area contributed by atoms with Gasteiger partial charge in [0.2, 0.25) is 0 Å². The molecule has 0 bridgehead atoms. The quantitative estimate of drug-likeness (QED) is 0.815. The van der Waals surface area contributed by atoms with Crippen molar-refractivity contribution in [1.82, 2.24) is 0 Å². The molecule has 5 heteroatoms. The number of methoxy groups -OCH3 is 1. The van der Waals surface area contributed by atoms with Crippen molar-refractivity contribution in [2.75, 3.05) is 7.11 Å². The van der Waals surface area contributed by atoms with Crippen molar-refractivity contribution in [1.29, 1.82) is 5.26 Å². The molecule has 0 amide bonds. The van der Waals surface area contributed by atoms with Crippen LogP contribution in [-0.4, -0.2) is 23.4 Å². The number of hydrogen-bond acceptors (Lipinski definition) is 4. The molecule has 0 radical (unpaired) electrons. The van der Waals surface area contributed by atoms with Gasteiger partial charge in [0.05, 0.1) is 13.2 Å². The fourth-order valence-electron chi connectivity index (χ4n) is 1.12. The molecule has 2 unspecified atom stereocenters. The second-order valence-corrected chi connectivity index (χ2v) is 3.76. The molecule has 15 heavy (non-hydrogen) atoms. The molecule has 0 aliphatic heterocycles. The van der Waals surface area contributed by atoms with Crippen molar-refractivity contribution in [3.63, 3.8) is 0 Å². The minimum atomic E-state index is -1.45. The average molecular weight is 272 g/mol. The fourth-order valence-corrected chi connectivity index (χ4v) is 1.60. The number of rotatable bonds is 3. The van der Waals surface area contributed by atoms with Gasteiger partial charge in [0.1, 0.15) is 11.9 Å². The Morgan fingerprint density at radius 1 is 1.47 bits per heavy atom. The maximum Gasteiger partial charge on any atom is 0.170 e. The molecule has 2 atom stereocenters. The molecule has 0 saturated heterocycles. The normalized spacial score (nSPS) is 14.1. The molecule has 1 aromatic rings. The second kappa shape index (κ2) is 5.12. The lowest BCUT2D eigenvalue weighted by Crippen LogP contribution is -2.16. The van der Waals surface area contributed by atoms with Gasteiger partial charge in [0, 0.05) is 10.0 Å². The summed E-state index contributed by atoms with van der Waals surface area (Å²) in [6.45, 7) is 0. The lowest BCUT2D eigenvalue weighted by Gasteiger charge is -2.14. The summed E-state index contributed by atoms with van der Waals surface area (Å²) in [6, 6.07) is 6.53. The summed E-state index contributed by atoms with van der Waals surface area (Å²) < 4.78 is 5.59. The summed E-state index contributed by atoms with van der Waals surface area (Å²) in [5.74, 6) is 0.553. The summed E-state index contributed by atoms with van der Waals surface area (Å²) in [5, 5.41) is 27.3. The van der Waals surface area contributed by atoms with E-state index in [1.165, 1.54) is 7.11 Å². The third-order valence-corrected chi connectivity index (χ3v) is 2.68. The van der Waals surface area contributed by atoms with Crippen LogP contribution in [0.3, 0.4) is 0 Å². The van der Waals surface area contributed by atoms with Crippen LogP contribution >= 0.6 is 15.9 Å². The van der Waals surface area contributed by atoms with Crippen LogP contribution in [0.4, 0.5) is 0 Å². The highest BCUT2D eigenvalue weighted by atomic mass is 79.9. The van der Waals surface area contributed by atoms with E-state index in [0.717, 1.165) is 0 Å². The van der Waals surface area contributed by atoms with Crippen molar-refractivity contribution in [3.05, 3.63) is 28.2 Å². The van der Waals surface area contributed by atoms with Crippen LogP contribution in [0.5, 0.6) is 5.75 Å². The van der Waals surface area contributed by atoms with Gasteiger partial charge in [-0.15, -0.1) is 0 Å². The highest BCUT2D eigenvalue weighted by molar-refractivity contribution is 9.10. The van der Waals surface area contributed by atoms with Crippen LogP contribution in [0.25, 0.3) is 0 Å². The number of nitrogens with zero attached hydrogens (tertiary/aromatic N) is 1. The molecule has 0 saturated carbocycles. The van der Waals surface area contributed by atoms with E-state index in [4.69, 9.17) is 10.00 Å². The average Bonchev–Trinajstić information content (AvgIpc) is 2.27. The maximum absolute atomic E-state index is 9.63. The minimum Gasteiger partial charge on any atom is -0.497 e. The molecule has 0 aliphatic carbocycles. The molecule has 1 aromatic carbocycles. The number of halogens is 1. The third-order valence-electron chi connectivity index (χ3n) is 1.95. The van der Waals surface area contributed by atoms with E-state index in [9.17, 15) is 10.2 Å². The molecule has 0 heterocycles. The maximum atomic E-state index is 9.63. The van der Waals surface area contributed by atoms with Gasteiger partial charge in [-0.2, -0.15) is 5.26 Å². The van der Waals surface area contributed by atoms with E-state index in [-0.39, 0.29) is 0 Å². The summed E-state index contributed by atoms with van der Waals surface area (Å²) >= 11 is 3.22. The van der Waals surface area contributed by atoms with Crippen molar-refractivity contribution >= 4 is 15.9 Å². The Morgan fingerprint density at radius 2 is 2.13 bits per heavy atom. The van der Waals surface area contributed by atoms with Gasteiger partial charge in [-0.1, -0.05) is 15.9 Å². The van der Waals surface area contributed by atoms with E-state index in [1.54, 1.807) is 24.3 Å². The summed E-state index contributed by atoms with van der Waals surface area (Å²) in [4.78, 5) is 0. The summed E-state index contributed by atoms with van der Waals surface area (Å²) in [5.41, 5.74) is 0.420. The Balaban J connectivity index is 3.07. The number of nitriles is 1. The van der Waals surface area contributed by atoms with E-state index in [1.807, 2.05) is 0 Å². The highest BCUT2D eigenvalue weighted by Gasteiger charge is 2.20. The van der Waals surface area contributed by atoms with E-state index >= 15 is 0 Å². The lowest BCUT2D eigenvalue weighted by molar-refractivity contribution is 0.0522. The topological polar surface area (TPSA) is 73.5 Å². The molecule has 0 fully saturated rings. The zero-order valence-corrected chi connectivity index (χ0v) is 9.60. The highest BCUT2D eigenvalue weighted by Crippen LogP contribution is 2.29. The lowest BCUT2D eigenvalue weighted by atomic mass is 10.1. The van der Waals surface area contributed by atoms with Crippen LogP contribution in [0, 0.1) is 11.3 Å². The third kappa shape index (κ3) is 2.69. The molecule has 80 valence electrons. The first kappa shape index (κ1) is 12.0. The van der Waals surface area contributed by atoms with Crippen molar-refractivity contribution < 1.29 is 14.9 Å². The number of benzene rings is 1. The van der Waals surface area contributed by atoms with Gasteiger partial charge < -0.3 is 14.9 Å². The van der Waals surface area contributed by atoms with E-state index in [0.29, 0.717) is 15.8 Å². The molecule has 1 rings (SSSR count). The number of aliphatic hydroxyl groups excluding tert-OH is 2. The predicted octanol–water partition coefficient (Wildman–Crippen LogP) is 1.38. The molecular formula is C10H10BrNO3. The van der Waals surface area contributed by atoms with Crippen LogP contribution in [-0.2, 0) is 0 Å². The van der Waals surface area contributed by atoms with Crippen LogP contribution in [0.1, 0.15) is 11.7 Å². The Hall–Kier alpha value is -1.09. The first-order valence-electron chi connectivity index (χ1n) is 4.19. The van der Waals surface area contributed by atoms with Gasteiger partial charge in [-0.05, 0) is 18.2 Å². The Morgan fingerprint density at radius 3 is 2.67 bits per heavy atom. The van der Waals surface area contributed by atoms with Crippen molar-refractivity contribution in [2.45, 2.75) is 12.2 Å². The van der Waals surface area contributed by atoms with Gasteiger partial charge in [-0.3, -0.25) is 0 Å². The van der Waals surface area contributed by atoms with Gasteiger partial charge in [0.15, 0.2) is 6.10 Å². The Labute approximate surface area is 95.9 Å². The van der Waals surface area contributed by atoms with E-state index in [2.05, 4.69) is 15.9 Å². The van der Waals surface area contributed by atoms with Crippen molar-refractivity contribution in [2.24, 2.45) is 0 Å². The minimum absolute atomic E-state index is 0.420. The second-order valence-electron chi connectivity index (χ2n) is 2.91. The monoisotopic (exact) mass is 271 g/mol. The summed E-state index contributed by atoms with van der Waals surface area (Å²) in [6.07, 6.45) is -2.70. The molecular weight excluding hydrogens is 262 g/mol. The standard InChI is InChI=1S/C10H10BrNO3/c1-15-6-2-3-8(11)7(4-6)10(14)9(13)5-12/h2-4,9-10,13-14H,1H3. The largest absolute Gasteiger partial charge is 0.497 e. The molecule has 0 spiro atoms. The number of hydrogen-bond donors (Lipinski definition) is 2. The molecule has 4 nitrogen and oxygen atoms in total. The van der Waals surface area contributed by atoms with E-state index < -0.39 is 12.2 Å². The Bertz CT molecular complexity index is 389. The zero-order valence-electron chi connectivity index (χ0n) is 8.01. The molecule has 2 N–H and O–H groups in total. The smallest absolute Gasteiger partial charge is 0.170 e. The zero-order chi connectivity index (χ0) is 11.4. The van der Waals surface area contributed by atoms with Crippen molar-refractivity contribution in [3.8, 4) is 11.8 Å². The van der Waals surface area contributed by atoms with Crippen LogP contribution in [0.15, 0.2) is 22.7 Å². The van der Waals surface area contributed by atoms with Gasteiger partial charge in [-0.25, -0.2) is 0 Å². The summed E-state index contributed by atoms with van der Waals surface area (Å²) in [7, 11) is 1.50. The van der Waals surface area contributed by atoms with Crippen LogP contribution < -0.4 is 4.74 Å². The molecule has 0 aliphatic rings. The van der Waals surface area contributed by atoms with Crippen LogP contribution in [0.2, 0.25) is 0 Å². The number of aliphatic hydroxyl groups is 2. The molecule has 0 aromatic heterocycles. The SMILES string of the molecule is COc1ccc(Br)c(C(O)C(O)C#N)c1. The first-order chi connectivity index (χ1) is 7.10. The fraction of sp³-hybridized carbons (Fsp3) is 0.300. The number of ether oxygens (including phenoxy) is 1. The first-order valence-corrected chi connectivity index (χ1v) is 4.98. The van der Waals surface area contributed by atoms with Gasteiger partial charge >= 0.3 is 0 Å². The van der Waals surface area contributed by atoms with Gasteiger partial charge in [0.25, 0.3) is 0 Å². The predicted molar refractivity (Wildman–Crippen MR) is 57.3 cm³/mol.